The normalized spacial score (nSPS) is 31.7. The van der Waals surface area contributed by atoms with Gasteiger partial charge in [-0.25, -0.2) is 15.0 Å². The minimum Gasteiger partial charge on any atom is -0.346 e. The molecule has 0 spiro atoms. The van der Waals surface area contributed by atoms with Crippen LogP contribution in [0.15, 0.2) is 43.0 Å². The largest absolute Gasteiger partial charge is 0.346 e. The van der Waals surface area contributed by atoms with Crippen LogP contribution in [0.2, 0.25) is 0 Å². The number of aromatic nitrogens is 4. The van der Waals surface area contributed by atoms with Gasteiger partial charge in [0.2, 0.25) is 5.91 Å². The number of anilines is 1. The van der Waals surface area contributed by atoms with Crippen molar-refractivity contribution >= 4 is 22.9 Å². The van der Waals surface area contributed by atoms with Gasteiger partial charge in [0.1, 0.15) is 11.8 Å². The van der Waals surface area contributed by atoms with Crippen LogP contribution in [0.5, 0.6) is 0 Å². The van der Waals surface area contributed by atoms with Crippen molar-refractivity contribution in [3.8, 4) is 0 Å². The molecule has 7 nitrogen and oxygen atoms in total. The molecule has 1 aliphatic carbocycles. The summed E-state index contributed by atoms with van der Waals surface area (Å²) in [7, 11) is 0. The van der Waals surface area contributed by atoms with Crippen LogP contribution in [0.4, 0.5) is 5.82 Å². The number of rotatable bonds is 3. The van der Waals surface area contributed by atoms with Crippen molar-refractivity contribution in [1.29, 1.82) is 0 Å². The van der Waals surface area contributed by atoms with E-state index in [0.717, 1.165) is 37.0 Å². The molecule has 2 bridgehead atoms. The highest BCUT2D eigenvalue weighted by molar-refractivity contribution is 5.84. The number of fused-ring (bicyclic) bond motifs is 2. The number of hydrogen-bond acceptors (Lipinski definition) is 5. The molecule has 4 heterocycles. The lowest BCUT2D eigenvalue weighted by molar-refractivity contribution is -0.140. The Balaban J connectivity index is 1.53. The second-order valence-electron chi connectivity index (χ2n) is 9.98. The predicted molar refractivity (Wildman–Crippen MR) is 123 cm³/mol. The molecule has 2 aliphatic heterocycles. The Kier molecular flexibility index (Phi) is 4.49. The zero-order chi connectivity index (χ0) is 21.9. The van der Waals surface area contributed by atoms with Crippen LogP contribution in [0.25, 0.3) is 11.2 Å². The molecule has 1 aromatic carbocycles. The molecule has 5 atom stereocenters. The lowest BCUT2D eigenvalue weighted by Crippen LogP contribution is -2.61. The minimum absolute atomic E-state index is 0.0529. The molecular weight excluding hydrogens is 400 g/mol. The second-order valence-corrected chi connectivity index (χ2v) is 9.98. The highest BCUT2D eigenvalue weighted by Crippen LogP contribution is 2.56. The number of H-pyrrole nitrogens is 1. The van der Waals surface area contributed by atoms with Crippen molar-refractivity contribution in [2.24, 2.45) is 5.41 Å². The summed E-state index contributed by atoms with van der Waals surface area (Å²) in [5.74, 6) is 1.14. The molecule has 1 amide bonds. The summed E-state index contributed by atoms with van der Waals surface area (Å²) in [4.78, 5) is 34.8. The Bertz CT molecular complexity index is 1150. The van der Waals surface area contributed by atoms with Gasteiger partial charge in [0.25, 0.3) is 0 Å². The highest BCUT2D eigenvalue weighted by Gasteiger charge is 2.63. The lowest BCUT2D eigenvalue weighted by atomic mass is 9.69. The van der Waals surface area contributed by atoms with Gasteiger partial charge in [0.05, 0.1) is 18.4 Å². The highest BCUT2D eigenvalue weighted by atomic mass is 16.2. The summed E-state index contributed by atoms with van der Waals surface area (Å²) in [6.45, 7) is 4.18. The number of hydrogen-bond donors (Lipinski definition) is 1. The number of carbonyl (C=O) groups excluding carboxylic acids is 1. The molecule has 3 fully saturated rings. The number of amides is 1. The quantitative estimate of drug-likeness (QED) is 0.685. The first-order valence-corrected chi connectivity index (χ1v) is 11.8. The Morgan fingerprint density at radius 2 is 1.91 bits per heavy atom. The van der Waals surface area contributed by atoms with Gasteiger partial charge in [-0.15, -0.1) is 0 Å². The van der Waals surface area contributed by atoms with Crippen LogP contribution in [0.3, 0.4) is 0 Å². The van der Waals surface area contributed by atoms with Gasteiger partial charge in [-0.2, -0.15) is 0 Å². The molecule has 1 N–H and O–H groups in total. The SMILES string of the molecule is CC(=O)N1[C@H](Cc2ccccc2)[C@@H]2C[C@@]3(C)C(CCCC[C@@H]13)N2c1ncnc2nc[nH]c12. The fourth-order valence-corrected chi connectivity index (χ4v) is 7.06. The van der Waals surface area contributed by atoms with E-state index in [-0.39, 0.29) is 29.4 Å². The zero-order valence-electron chi connectivity index (χ0n) is 18.7. The van der Waals surface area contributed by atoms with Crippen LogP contribution in [0.1, 0.15) is 51.5 Å². The Morgan fingerprint density at radius 3 is 2.69 bits per heavy atom. The maximum Gasteiger partial charge on any atom is 0.220 e. The van der Waals surface area contributed by atoms with E-state index in [1.165, 1.54) is 18.4 Å². The first-order chi connectivity index (χ1) is 15.6. The van der Waals surface area contributed by atoms with E-state index in [0.29, 0.717) is 11.7 Å². The van der Waals surface area contributed by atoms with Gasteiger partial charge in [0, 0.05) is 24.4 Å². The van der Waals surface area contributed by atoms with E-state index >= 15 is 0 Å². The van der Waals surface area contributed by atoms with Gasteiger partial charge in [-0.3, -0.25) is 4.79 Å². The third kappa shape index (κ3) is 2.79. The van der Waals surface area contributed by atoms with Crippen molar-refractivity contribution in [3.05, 3.63) is 48.5 Å². The molecule has 1 saturated carbocycles. The van der Waals surface area contributed by atoms with E-state index in [4.69, 9.17) is 4.98 Å². The van der Waals surface area contributed by atoms with Crippen LogP contribution in [0, 0.1) is 5.41 Å². The summed E-state index contributed by atoms with van der Waals surface area (Å²) in [5, 5.41) is 0. The van der Waals surface area contributed by atoms with Crippen molar-refractivity contribution < 1.29 is 4.79 Å². The van der Waals surface area contributed by atoms with Crippen LogP contribution >= 0.6 is 0 Å². The predicted octanol–water partition coefficient (Wildman–Crippen LogP) is 3.72. The molecule has 2 aromatic heterocycles. The van der Waals surface area contributed by atoms with E-state index in [2.05, 4.69) is 62.0 Å². The molecular formula is C25H30N6O. The fraction of sp³-hybridized carbons (Fsp3) is 0.520. The Hall–Kier alpha value is -2.96. The number of nitrogens with zero attached hydrogens (tertiary/aromatic N) is 5. The van der Waals surface area contributed by atoms with Crippen molar-refractivity contribution in [1.82, 2.24) is 24.8 Å². The van der Waals surface area contributed by atoms with Gasteiger partial charge < -0.3 is 14.8 Å². The molecule has 3 aliphatic rings. The van der Waals surface area contributed by atoms with Crippen LogP contribution < -0.4 is 4.90 Å². The maximum atomic E-state index is 13.2. The molecule has 1 unspecified atom stereocenters. The molecule has 2 saturated heterocycles. The number of likely N-dealkylation sites (tertiary alicyclic amines) is 1. The van der Waals surface area contributed by atoms with Crippen LogP contribution in [-0.2, 0) is 11.2 Å². The summed E-state index contributed by atoms with van der Waals surface area (Å²) in [6.07, 6.45) is 9.85. The van der Waals surface area contributed by atoms with E-state index in [1.807, 2.05) is 0 Å². The minimum atomic E-state index is 0.0529. The standard InChI is InChI=1S/C25H30N6O/c1-16(32)30-18(12-17-8-4-3-5-9-17)19-13-25(2)20(30)10-6-7-11-21(25)31(19)24-22-23(27-14-26-22)28-15-29-24/h3-5,8-9,14-15,18-21H,6-7,10-13H2,1-2H3,(H,26,27,28,29)/t18-,19+,20-,21?,25-/m1/s1. The fourth-order valence-electron chi connectivity index (χ4n) is 7.06. The average Bonchev–Trinajstić information content (AvgIpc) is 3.32. The summed E-state index contributed by atoms with van der Waals surface area (Å²) in [5.41, 5.74) is 2.94. The van der Waals surface area contributed by atoms with Crippen molar-refractivity contribution in [3.63, 3.8) is 0 Å². The Labute approximate surface area is 188 Å². The lowest BCUT2D eigenvalue weighted by Gasteiger charge is -2.50. The number of imidazole rings is 1. The molecule has 32 heavy (non-hydrogen) atoms. The monoisotopic (exact) mass is 430 g/mol. The van der Waals surface area contributed by atoms with E-state index in [9.17, 15) is 4.79 Å². The first kappa shape index (κ1) is 19.7. The number of carbonyl (C=O) groups is 1. The maximum absolute atomic E-state index is 13.2. The number of aromatic amines is 1. The smallest absolute Gasteiger partial charge is 0.220 e. The summed E-state index contributed by atoms with van der Waals surface area (Å²) >= 11 is 0. The first-order valence-electron chi connectivity index (χ1n) is 11.8. The second kappa shape index (κ2) is 7.29. The van der Waals surface area contributed by atoms with Crippen molar-refractivity contribution in [2.75, 3.05) is 4.90 Å². The molecule has 166 valence electrons. The third-order valence-corrected chi connectivity index (χ3v) is 8.31. The third-order valence-electron chi connectivity index (χ3n) is 8.31. The molecule has 0 radical (unpaired) electrons. The number of nitrogens with one attached hydrogen (secondary N) is 1. The topological polar surface area (TPSA) is 78.0 Å². The Morgan fingerprint density at radius 1 is 1.12 bits per heavy atom. The average molecular weight is 431 g/mol. The van der Waals surface area contributed by atoms with Gasteiger partial charge in [-0.05, 0) is 31.2 Å². The van der Waals surface area contributed by atoms with Crippen molar-refractivity contribution in [2.45, 2.75) is 76.5 Å². The number of piperidine rings is 1. The summed E-state index contributed by atoms with van der Waals surface area (Å²) < 4.78 is 0. The van der Waals surface area contributed by atoms with E-state index in [1.54, 1.807) is 19.6 Å². The van der Waals surface area contributed by atoms with Crippen LogP contribution in [-0.4, -0.2) is 54.9 Å². The van der Waals surface area contributed by atoms with E-state index < -0.39 is 0 Å². The van der Waals surface area contributed by atoms with Gasteiger partial charge in [-0.1, -0.05) is 50.1 Å². The molecule has 3 aromatic rings. The van der Waals surface area contributed by atoms with Gasteiger partial charge in [0.15, 0.2) is 11.5 Å². The molecule has 6 rings (SSSR count). The zero-order valence-corrected chi connectivity index (χ0v) is 18.7. The summed E-state index contributed by atoms with van der Waals surface area (Å²) in [6, 6.07) is 11.5. The number of benzene rings is 1. The molecule has 7 heteroatoms. The van der Waals surface area contributed by atoms with Gasteiger partial charge >= 0.3 is 0 Å².